The topological polar surface area (TPSA) is 40.5 Å². The summed E-state index contributed by atoms with van der Waals surface area (Å²) in [6.07, 6.45) is 13.2. The van der Waals surface area contributed by atoms with Crippen LogP contribution in [0.5, 0.6) is 0 Å². The summed E-state index contributed by atoms with van der Waals surface area (Å²) in [6.45, 7) is 17.6. The smallest absolute Gasteiger partial charge is 0.0843 e. The molecule has 6 aliphatic rings. The maximum absolute atomic E-state index is 12.2. The molecule has 0 radical (unpaired) electrons. The molecule has 4 heteroatoms. The van der Waals surface area contributed by atoms with Gasteiger partial charge in [0.15, 0.2) is 0 Å². The fourth-order valence-corrected chi connectivity index (χ4v) is 15.2. The van der Waals surface area contributed by atoms with Crippen molar-refractivity contribution in [2.24, 2.45) is 50.7 Å². The fourth-order valence-electron chi connectivity index (χ4n) is 12.1. The predicted molar refractivity (Wildman–Crippen MR) is 164 cm³/mol. The highest BCUT2D eigenvalue weighted by Crippen LogP contribution is 2.77. The molecule has 0 aromatic heterocycles. The monoisotopic (exact) mass is 560 g/mol. The molecule has 216 valence electrons. The van der Waals surface area contributed by atoms with E-state index < -0.39 is 0 Å². The number of thioether (sulfide) groups is 2. The molecule has 6 rings (SSSR count). The van der Waals surface area contributed by atoms with Gasteiger partial charge in [0, 0.05) is 5.41 Å². The second-order valence-electron chi connectivity index (χ2n) is 16.1. The predicted octanol–water partition coefficient (Wildman–Crippen LogP) is 8.71. The van der Waals surface area contributed by atoms with E-state index in [4.69, 9.17) is 0 Å². The second kappa shape index (κ2) is 9.43. The number of hydrogen-bond donors (Lipinski definition) is 2. The Morgan fingerprint density at radius 3 is 2.18 bits per heavy atom. The van der Waals surface area contributed by atoms with Crippen LogP contribution in [0.3, 0.4) is 0 Å². The first kappa shape index (κ1) is 28.5. The van der Waals surface area contributed by atoms with Gasteiger partial charge in [0.25, 0.3) is 0 Å². The van der Waals surface area contributed by atoms with Crippen molar-refractivity contribution in [3.05, 3.63) is 11.1 Å². The average molecular weight is 561 g/mol. The highest BCUT2D eigenvalue weighted by atomic mass is 32.2. The molecule has 1 unspecified atom stereocenters. The molecular formula is C34H56O2S2. The highest BCUT2D eigenvalue weighted by molar-refractivity contribution is 8.17. The molecule has 5 aliphatic carbocycles. The Labute approximate surface area is 242 Å². The lowest BCUT2D eigenvalue weighted by Crippen LogP contribution is -2.66. The van der Waals surface area contributed by atoms with Gasteiger partial charge in [-0.25, -0.2) is 0 Å². The molecule has 4 saturated carbocycles. The molecule has 0 amide bonds. The van der Waals surface area contributed by atoms with Crippen molar-refractivity contribution >= 4 is 23.5 Å². The van der Waals surface area contributed by atoms with Gasteiger partial charge < -0.3 is 10.2 Å². The van der Waals surface area contributed by atoms with Crippen LogP contribution in [0.15, 0.2) is 11.1 Å². The zero-order valence-corrected chi connectivity index (χ0v) is 27.1. The summed E-state index contributed by atoms with van der Waals surface area (Å²) in [7, 11) is 0. The van der Waals surface area contributed by atoms with E-state index in [0.717, 1.165) is 12.3 Å². The van der Waals surface area contributed by atoms with E-state index in [9.17, 15) is 10.2 Å². The minimum absolute atomic E-state index is 0.0199. The summed E-state index contributed by atoms with van der Waals surface area (Å²) in [6, 6.07) is 0. The Hall–Kier alpha value is 0.360. The van der Waals surface area contributed by atoms with Crippen molar-refractivity contribution in [1.82, 2.24) is 0 Å². The van der Waals surface area contributed by atoms with Crippen molar-refractivity contribution in [3.63, 3.8) is 0 Å². The largest absolute Gasteiger partial charge is 0.393 e. The third-order valence-corrected chi connectivity index (χ3v) is 17.4. The molecule has 1 saturated heterocycles. The van der Waals surface area contributed by atoms with E-state index in [1.807, 2.05) is 23.5 Å². The van der Waals surface area contributed by atoms with E-state index in [1.165, 1.54) is 75.7 Å². The quantitative estimate of drug-likeness (QED) is 0.339. The summed E-state index contributed by atoms with van der Waals surface area (Å²) >= 11 is 4.09. The van der Waals surface area contributed by atoms with E-state index in [-0.39, 0.29) is 23.0 Å². The first-order valence-corrected chi connectivity index (χ1v) is 18.3. The van der Waals surface area contributed by atoms with Gasteiger partial charge in [-0.05, 0) is 127 Å². The Balaban J connectivity index is 1.40. The van der Waals surface area contributed by atoms with Crippen LogP contribution in [0.1, 0.15) is 119 Å². The minimum Gasteiger partial charge on any atom is -0.393 e. The Bertz CT molecular complexity index is 968. The Morgan fingerprint density at radius 2 is 1.50 bits per heavy atom. The van der Waals surface area contributed by atoms with Crippen LogP contribution in [0.2, 0.25) is 0 Å². The van der Waals surface area contributed by atoms with Crippen LogP contribution in [0.4, 0.5) is 0 Å². The lowest BCUT2D eigenvalue weighted by Gasteiger charge is -2.72. The number of aliphatic hydroxyl groups is 2. The SMILES string of the molecule is CC(C)C1=C2[C@H]3CC[C@@H]4[C@@]5(C)CC[C@H](O)C(C)(C)[C@@H]5CC[C@@]4(C)[C@]3(C)CC[C@@]2(C(O)C2SCCCS2)CC1. The van der Waals surface area contributed by atoms with E-state index in [0.29, 0.717) is 38.6 Å². The van der Waals surface area contributed by atoms with E-state index >= 15 is 0 Å². The van der Waals surface area contributed by atoms with Crippen LogP contribution in [-0.4, -0.2) is 38.5 Å². The standard InChI is InChI=1S/C34H56O2S2/c1-21(2)22-11-16-34(28(36)29-37-19-8-20-38-29)18-17-32(6)23(27(22)34)9-10-25-31(5)14-13-26(35)30(3,4)24(31)12-15-33(25,32)7/h21,23-26,28-29,35-36H,8-20H2,1-7H3/t23-,24+,25-,26+,28?,31+,32-,33-,34+/m1/s1. The lowest BCUT2D eigenvalue weighted by atomic mass is 9.33. The van der Waals surface area contributed by atoms with Crippen LogP contribution >= 0.6 is 23.5 Å². The van der Waals surface area contributed by atoms with Crippen LogP contribution in [0, 0.1) is 50.7 Å². The number of fused-ring (bicyclic) bond motifs is 7. The van der Waals surface area contributed by atoms with Crippen molar-refractivity contribution in [2.75, 3.05) is 11.5 Å². The van der Waals surface area contributed by atoms with Crippen molar-refractivity contribution in [3.8, 4) is 0 Å². The molecule has 0 bridgehead atoms. The summed E-state index contributed by atoms with van der Waals surface area (Å²) in [4.78, 5) is 0. The molecule has 9 atom stereocenters. The molecule has 1 aliphatic heterocycles. The van der Waals surface area contributed by atoms with Gasteiger partial charge in [0.05, 0.1) is 16.8 Å². The molecule has 5 fully saturated rings. The van der Waals surface area contributed by atoms with Gasteiger partial charge in [-0.3, -0.25) is 0 Å². The van der Waals surface area contributed by atoms with Gasteiger partial charge in [0.1, 0.15) is 0 Å². The highest BCUT2D eigenvalue weighted by Gasteiger charge is 2.70. The van der Waals surface area contributed by atoms with Crippen molar-refractivity contribution in [2.45, 2.75) is 136 Å². The van der Waals surface area contributed by atoms with Crippen LogP contribution in [0.25, 0.3) is 0 Å². The number of rotatable bonds is 3. The number of hydrogen-bond acceptors (Lipinski definition) is 4. The third kappa shape index (κ3) is 3.67. The maximum atomic E-state index is 12.2. The van der Waals surface area contributed by atoms with Gasteiger partial charge in [-0.2, -0.15) is 0 Å². The Kier molecular flexibility index (Phi) is 7.07. The Morgan fingerprint density at radius 1 is 0.789 bits per heavy atom. The molecule has 2 N–H and O–H groups in total. The third-order valence-electron chi connectivity index (χ3n) is 14.4. The maximum Gasteiger partial charge on any atom is 0.0843 e. The van der Waals surface area contributed by atoms with Crippen LogP contribution in [-0.2, 0) is 0 Å². The summed E-state index contributed by atoms with van der Waals surface area (Å²) in [5, 5.41) is 23.2. The molecule has 1 heterocycles. The number of aliphatic hydroxyl groups excluding tert-OH is 2. The average Bonchev–Trinajstić information content (AvgIpc) is 3.28. The number of allylic oxidation sites excluding steroid dienone is 1. The summed E-state index contributed by atoms with van der Waals surface area (Å²) in [5.41, 5.74) is 4.52. The minimum atomic E-state index is -0.201. The van der Waals surface area contributed by atoms with E-state index in [1.54, 1.807) is 11.1 Å². The first-order valence-electron chi connectivity index (χ1n) is 16.2. The van der Waals surface area contributed by atoms with Crippen LogP contribution < -0.4 is 0 Å². The lowest BCUT2D eigenvalue weighted by molar-refractivity contribution is -0.230. The van der Waals surface area contributed by atoms with Gasteiger partial charge in [-0.15, -0.1) is 23.5 Å². The summed E-state index contributed by atoms with van der Waals surface area (Å²) in [5.74, 6) is 5.02. The van der Waals surface area contributed by atoms with Gasteiger partial charge >= 0.3 is 0 Å². The van der Waals surface area contributed by atoms with Crippen molar-refractivity contribution < 1.29 is 10.2 Å². The van der Waals surface area contributed by atoms with Crippen molar-refractivity contribution in [1.29, 1.82) is 0 Å². The first-order chi connectivity index (χ1) is 17.8. The summed E-state index contributed by atoms with van der Waals surface area (Å²) < 4.78 is 0.354. The molecule has 0 aromatic rings. The van der Waals surface area contributed by atoms with E-state index in [2.05, 4.69) is 48.5 Å². The molecule has 2 nitrogen and oxygen atoms in total. The zero-order valence-electron chi connectivity index (χ0n) is 25.4. The molecular weight excluding hydrogens is 505 g/mol. The van der Waals surface area contributed by atoms with Gasteiger partial charge in [-0.1, -0.05) is 59.6 Å². The fraction of sp³-hybridized carbons (Fsp3) is 0.941. The normalized spacial score (nSPS) is 49.7. The molecule has 0 spiro atoms. The molecule has 38 heavy (non-hydrogen) atoms. The zero-order chi connectivity index (χ0) is 27.3. The molecule has 0 aromatic carbocycles. The second-order valence-corrected chi connectivity index (χ2v) is 18.9. The van der Waals surface area contributed by atoms with Gasteiger partial charge in [0.2, 0.25) is 0 Å².